The number of nitrogens with zero attached hydrogens (tertiary/aromatic N) is 3. The number of fused-ring (bicyclic) bond motifs is 1. The van der Waals surface area contributed by atoms with Crippen molar-refractivity contribution < 1.29 is 9.53 Å². The number of para-hydroxylation sites is 1. The first kappa shape index (κ1) is 15.2. The lowest BCUT2D eigenvalue weighted by Gasteiger charge is -2.15. The number of esters is 1. The van der Waals surface area contributed by atoms with Gasteiger partial charge in [-0.25, -0.2) is 9.97 Å². The predicted octanol–water partition coefficient (Wildman–Crippen LogP) is 1.60. The molecule has 0 amide bonds. The molecule has 0 saturated heterocycles. The van der Waals surface area contributed by atoms with Crippen molar-refractivity contribution in [3.63, 3.8) is 0 Å². The lowest BCUT2D eigenvalue weighted by molar-refractivity contribution is -0.140. The van der Waals surface area contributed by atoms with Gasteiger partial charge in [-0.2, -0.15) is 0 Å². The van der Waals surface area contributed by atoms with Gasteiger partial charge in [0.15, 0.2) is 0 Å². The minimum absolute atomic E-state index is 0.186. The van der Waals surface area contributed by atoms with Gasteiger partial charge in [0.1, 0.15) is 11.6 Å². The summed E-state index contributed by atoms with van der Waals surface area (Å²) in [6.45, 7) is 1.36. The van der Waals surface area contributed by atoms with Crippen molar-refractivity contribution in [1.29, 1.82) is 0 Å². The standard InChI is InChI=1S/C15H20N4O2/c1-19(9-5-8-14(20)21-2)10-13-17-12-7-4-3-6-11(12)15(16)18-13/h3-4,6-7H,5,8-10H2,1-2H3,(H2,16,17,18). The molecule has 2 rings (SSSR count). The van der Waals surface area contributed by atoms with Gasteiger partial charge in [0, 0.05) is 11.8 Å². The van der Waals surface area contributed by atoms with Crippen molar-refractivity contribution in [2.75, 3.05) is 26.4 Å². The predicted molar refractivity (Wildman–Crippen MR) is 81.5 cm³/mol. The second-order valence-electron chi connectivity index (χ2n) is 4.96. The summed E-state index contributed by atoms with van der Waals surface area (Å²) in [5, 5.41) is 0.870. The van der Waals surface area contributed by atoms with E-state index in [4.69, 9.17) is 5.73 Å². The summed E-state index contributed by atoms with van der Waals surface area (Å²) < 4.78 is 4.62. The van der Waals surface area contributed by atoms with E-state index in [9.17, 15) is 4.79 Å². The monoisotopic (exact) mass is 288 g/mol. The number of rotatable bonds is 6. The number of hydrogen-bond acceptors (Lipinski definition) is 6. The molecule has 0 aliphatic heterocycles. The second kappa shape index (κ2) is 6.99. The van der Waals surface area contributed by atoms with Gasteiger partial charge in [-0.05, 0) is 32.1 Å². The summed E-state index contributed by atoms with van der Waals surface area (Å²) in [4.78, 5) is 22.0. The van der Waals surface area contributed by atoms with Gasteiger partial charge in [0.25, 0.3) is 0 Å². The lowest BCUT2D eigenvalue weighted by atomic mass is 10.2. The minimum atomic E-state index is -0.186. The van der Waals surface area contributed by atoms with E-state index < -0.39 is 0 Å². The Morgan fingerprint density at radius 2 is 2.10 bits per heavy atom. The van der Waals surface area contributed by atoms with E-state index in [-0.39, 0.29) is 5.97 Å². The second-order valence-corrected chi connectivity index (χ2v) is 4.96. The molecule has 112 valence electrons. The highest BCUT2D eigenvalue weighted by Crippen LogP contribution is 2.17. The smallest absolute Gasteiger partial charge is 0.305 e. The number of ether oxygens (including phenoxy) is 1. The van der Waals surface area contributed by atoms with Gasteiger partial charge in [-0.3, -0.25) is 9.69 Å². The highest BCUT2D eigenvalue weighted by molar-refractivity contribution is 5.87. The van der Waals surface area contributed by atoms with E-state index in [1.807, 2.05) is 31.3 Å². The van der Waals surface area contributed by atoms with E-state index in [2.05, 4.69) is 19.6 Å². The van der Waals surface area contributed by atoms with Crippen molar-refractivity contribution in [3.05, 3.63) is 30.1 Å². The molecule has 6 heteroatoms. The maximum atomic E-state index is 11.1. The minimum Gasteiger partial charge on any atom is -0.469 e. The molecule has 0 fully saturated rings. The van der Waals surface area contributed by atoms with Crippen LogP contribution in [0.25, 0.3) is 10.9 Å². The van der Waals surface area contributed by atoms with Crippen molar-refractivity contribution in [1.82, 2.24) is 14.9 Å². The van der Waals surface area contributed by atoms with Crippen LogP contribution in [-0.2, 0) is 16.1 Å². The van der Waals surface area contributed by atoms with Crippen LogP contribution in [0.4, 0.5) is 5.82 Å². The highest BCUT2D eigenvalue weighted by atomic mass is 16.5. The van der Waals surface area contributed by atoms with Gasteiger partial charge >= 0.3 is 5.97 Å². The normalized spacial score (nSPS) is 11.0. The summed E-state index contributed by atoms with van der Waals surface area (Å²) in [6, 6.07) is 7.68. The zero-order chi connectivity index (χ0) is 15.2. The fourth-order valence-corrected chi connectivity index (χ4v) is 2.14. The summed E-state index contributed by atoms with van der Waals surface area (Å²) in [7, 11) is 3.36. The number of methoxy groups -OCH3 is 1. The number of aromatic nitrogens is 2. The Morgan fingerprint density at radius 3 is 2.86 bits per heavy atom. The first-order chi connectivity index (χ1) is 10.1. The van der Waals surface area contributed by atoms with Crippen LogP contribution in [0.15, 0.2) is 24.3 Å². The Balaban J connectivity index is 1.97. The lowest BCUT2D eigenvalue weighted by Crippen LogP contribution is -2.21. The van der Waals surface area contributed by atoms with Crippen LogP contribution in [0.3, 0.4) is 0 Å². The first-order valence-electron chi connectivity index (χ1n) is 6.86. The molecule has 0 spiro atoms. The van der Waals surface area contributed by atoms with E-state index in [0.717, 1.165) is 23.9 Å². The molecular weight excluding hydrogens is 268 g/mol. The molecule has 0 aliphatic carbocycles. The van der Waals surface area contributed by atoms with Crippen LogP contribution < -0.4 is 5.73 Å². The quantitative estimate of drug-likeness (QED) is 0.813. The molecule has 0 atom stereocenters. The third-order valence-corrected chi connectivity index (χ3v) is 3.24. The fourth-order valence-electron chi connectivity index (χ4n) is 2.14. The van der Waals surface area contributed by atoms with E-state index in [1.54, 1.807) is 0 Å². The van der Waals surface area contributed by atoms with E-state index >= 15 is 0 Å². The Labute approximate surface area is 123 Å². The topological polar surface area (TPSA) is 81.3 Å². The van der Waals surface area contributed by atoms with Gasteiger partial charge < -0.3 is 10.5 Å². The molecule has 1 aromatic heterocycles. The van der Waals surface area contributed by atoms with Gasteiger partial charge in [-0.1, -0.05) is 12.1 Å². The molecule has 6 nitrogen and oxygen atoms in total. The first-order valence-corrected chi connectivity index (χ1v) is 6.86. The molecule has 0 bridgehead atoms. The summed E-state index contributed by atoms with van der Waals surface area (Å²) in [5.41, 5.74) is 6.81. The number of nitrogen functional groups attached to an aromatic ring is 1. The van der Waals surface area contributed by atoms with Gasteiger partial charge in [-0.15, -0.1) is 0 Å². The van der Waals surface area contributed by atoms with Crippen molar-refractivity contribution in [2.24, 2.45) is 0 Å². The molecule has 0 radical (unpaired) electrons. The molecule has 2 N–H and O–H groups in total. The van der Waals surface area contributed by atoms with Crippen LogP contribution in [0.2, 0.25) is 0 Å². The average molecular weight is 288 g/mol. The molecule has 1 heterocycles. The Hall–Kier alpha value is -2.21. The fraction of sp³-hybridized carbons (Fsp3) is 0.400. The Morgan fingerprint density at radius 1 is 1.33 bits per heavy atom. The third-order valence-electron chi connectivity index (χ3n) is 3.24. The van der Waals surface area contributed by atoms with Crippen LogP contribution in [-0.4, -0.2) is 41.5 Å². The van der Waals surface area contributed by atoms with Crippen LogP contribution in [0, 0.1) is 0 Å². The number of benzene rings is 1. The average Bonchev–Trinajstić information content (AvgIpc) is 2.47. The molecule has 2 aromatic rings. The number of nitrogens with two attached hydrogens (primary N) is 1. The summed E-state index contributed by atoms with van der Waals surface area (Å²) in [5.74, 6) is 1.000. The van der Waals surface area contributed by atoms with Crippen LogP contribution in [0.5, 0.6) is 0 Å². The number of carbonyl (C=O) groups is 1. The van der Waals surface area contributed by atoms with Gasteiger partial charge in [0.05, 0.1) is 19.2 Å². The SMILES string of the molecule is COC(=O)CCCN(C)Cc1nc(N)c2ccccc2n1. The molecule has 21 heavy (non-hydrogen) atoms. The molecule has 0 aliphatic rings. The van der Waals surface area contributed by atoms with Crippen molar-refractivity contribution in [2.45, 2.75) is 19.4 Å². The van der Waals surface area contributed by atoms with E-state index in [1.165, 1.54) is 7.11 Å². The van der Waals surface area contributed by atoms with Crippen LogP contribution >= 0.6 is 0 Å². The van der Waals surface area contributed by atoms with E-state index in [0.29, 0.717) is 24.6 Å². The maximum Gasteiger partial charge on any atom is 0.305 e. The zero-order valence-corrected chi connectivity index (χ0v) is 12.4. The highest BCUT2D eigenvalue weighted by Gasteiger charge is 2.08. The largest absolute Gasteiger partial charge is 0.469 e. The molecular formula is C15H20N4O2. The molecule has 0 saturated carbocycles. The zero-order valence-electron chi connectivity index (χ0n) is 12.4. The number of hydrogen-bond donors (Lipinski definition) is 1. The summed E-state index contributed by atoms with van der Waals surface area (Å²) in [6.07, 6.45) is 1.16. The van der Waals surface area contributed by atoms with Crippen LogP contribution in [0.1, 0.15) is 18.7 Å². The third kappa shape index (κ3) is 4.13. The maximum absolute atomic E-state index is 11.1. The molecule has 0 unspecified atom stereocenters. The Bertz CT molecular complexity index is 630. The summed E-state index contributed by atoms with van der Waals surface area (Å²) >= 11 is 0. The van der Waals surface area contributed by atoms with Crippen molar-refractivity contribution in [3.8, 4) is 0 Å². The Kier molecular flexibility index (Phi) is 5.05. The molecule has 1 aromatic carbocycles. The van der Waals surface area contributed by atoms with Crippen molar-refractivity contribution >= 4 is 22.7 Å². The number of carbonyl (C=O) groups excluding carboxylic acids is 1. The number of anilines is 1. The van der Waals surface area contributed by atoms with Gasteiger partial charge in [0.2, 0.25) is 0 Å².